The van der Waals surface area contributed by atoms with Crippen molar-refractivity contribution >= 4 is 33.6 Å². The fourth-order valence-corrected chi connectivity index (χ4v) is 5.72. The number of aromatic nitrogens is 3. The van der Waals surface area contributed by atoms with E-state index in [0.717, 1.165) is 59.0 Å². The minimum atomic E-state index is -0.0463. The Morgan fingerprint density at radius 2 is 1.88 bits per heavy atom. The second kappa shape index (κ2) is 8.73. The molecule has 3 heterocycles. The zero-order valence-corrected chi connectivity index (χ0v) is 19.8. The average Bonchev–Trinajstić information content (AvgIpc) is 3.34. The molecule has 166 valence electrons. The fraction of sp³-hybridized carbons (Fsp3) is 0.333. The van der Waals surface area contributed by atoms with Gasteiger partial charge < -0.3 is 10.0 Å². The Hall–Kier alpha value is -2.61. The van der Waals surface area contributed by atoms with Gasteiger partial charge in [-0.3, -0.25) is 4.90 Å². The van der Waals surface area contributed by atoms with Gasteiger partial charge in [0.1, 0.15) is 0 Å². The summed E-state index contributed by atoms with van der Waals surface area (Å²) in [5, 5.41) is 16.3. The van der Waals surface area contributed by atoms with Gasteiger partial charge in [0.05, 0.1) is 10.9 Å². The molecule has 0 aliphatic carbocycles. The lowest BCUT2D eigenvalue weighted by Gasteiger charge is -2.40. The minimum Gasteiger partial charge on any atom is -0.492 e. The number of aromatic hydroxyl groups is 1. The van der Waals surface area contributed by atoms with E-state index < -0.39 is 0 Å². The lowest BCUT2D eigenvalue weighted by Crippen LogP contribution is -2.47. The third kappa shape index (κ3) is 3.96. The number of fused-ring (bicyclic) bond motifs is 1. The van der Waals surface area contributed by atoms with Crippen LogP contribution in [0.25, 0.3) is 4.96 Å². The number of piperazine rings is 1. The average molecular weight is 468 g/mol. The molecule has 1 N–H and O–H groups in total. The zero-order valence-electron chi connectivity index (χ0n) is 18.2. The van der Waals surface area contributed by atoms with Crippen molar-refractivity contribution in [2.75, 3.05) is 31.1 Å². The second-order valence-corrected chi connectivity index (χ2v) is 9.63. The Labute approximate surface area is 196 Å². The number of halogens is 1. The predicted molar refractivity (Wildman–Crippen MR) is 130 cm³/mol. The summed E-state index contributed by atoms with van der Waals surface area (Å²) in [5.41, 5.74) is 3.53. The van der Waals surface area contributed by atoms with E-state index >= 15 is 0 Å². The molecule has 2 aromatic heterocycles. The SMILES string of the molecule is CCc1nc2sc([C@H](c3cccc(C)c3)N3CCN(c4cccc(Cl)c4)CC3)c(O)n2n1. The first kappa shape index (κ1) is 21.2. The molecule has 0 amide bonds. The first-order chi connectivity index (χ1) is 15.5. The van der Waals surface area contributed by atoms with Gasteiger partial charge in [0.15, 0.2) is 5.82 Å². The molecule has 4 aromatic rings. The van der Waals surface area contributed by atoms with Crippen molar-refractivity contribution in [2.24, 2.45) is 0 Å². The summed E-state index contributed by atoms with van der Waals surface area (Å²) in [6.45, 7) is 7.66. The van der Waals surface area contributed by atoms with Gasteiger partial charge in [-0.15, -0.1) is 5.10 Å². The van der Waals surface area contributed by atoms with Gasteiger partial charge >= 0.3 is 0 Å². The van der Waals surface area contributed by atoms with Crippen LogP contribution in [0.3, 0.4) is 0 Å². The molecule has 1 aliphatic heterocycles. The van der Waals surface area contributed by atoms with Gasteiger partial charge in [-0.1, -0.05) is 65.8 Å². The molecule has 1 atom stereocenters. The Kier molecular flexibility index (Phi) is 5.80. The quantitative estimate of drug-likeness (QED) is 0.451. The molecule has 0 spiro atoms. The van der Waals surface area contributed by atoms with E-state index in [1.165, 1.54) is 22.5 Å². The van der Waals surface area contributed by atoms with Crippen molar-refractivity contribution in [1.29, 1.82) is 0 Å². The minimum absolute atomic E-state index is 0.0463. The van der Waals surface area contributed by atoms with Crippen LogP contribution in [0.15, 0.2) is 48.5 Å². The zero-order chi connectivity index (χ0) is 22.2. The Bertz CT molecular complexity index is 1240. The number of nitrogens with zero attached hydrogens (tertiary/aromatic N) is 5. The van der Waals surface area contributed by atoms with E-state index in [2.05, 4.69) is 57.1 Å². The smallest absolute Gasteiger partial charge is 0.230 e. The molecule has 8 heteroatoms. The lowest BCUT2D eigenvalue weighted by molar-refractivity contribution is 0.211. The number of hydrogen-bond donors (Lipinski definition) is 1. The number of rotatable bonds is 5. The maximum atomic E-state index is 11.1. The van der Waals surface area contributed by atoms with Gasteiger partial charge in [0.25, 0.3) is 0 Å². The molecular formula is C24H26ClN5OS. The third-order valence-electron chi connectivity index (χ3n) is 6.02. The van der Waals surface area contributed by atoms with Crippen LogP contribution in [0.5, 0.6) is 5.88 Å². The summed E-state index contributed by atoms with van der Waals surface area (Å²) in [7, 11) is 0. The molecule has 1 aliphatic rings. The number of thiazole rings is 1. The van der Waals surface area contributed by atoms with Crippen LogP contribution < -0.4 is 4.90 Å². The number of benzene rings is 2. The van der Waals surface area contributed by atoms with Gasteiger partial charge in [0.2, 0.25) is 10.8 Å². The molecule has 0 bridgehead atoms. The largest absolute Gasteiger partial charge is 0.492 e. The van der Waals surface area contributed by atoms with E-state index in [1.54, 1.807) is 4.52 Å². The number of hydrogen-bond acceptors (Lipinski definition) is 6. The first-order valence-corrected chi connectivity index (χ1v) is 12.1. The van der Waals surface area contributed by atoms with Crippen LogP contribution >= 0.6 is 22.9 Å². The molecule has 1 fully saturated rings. The van der Waals surface area contributed by atoms with Gasteiger partial charge in [-0.25, -0.2) is 4.98 Å². The maximum Gasteiger partial charge on any atom is 0.230 e. The maximum absolute atomic E-state index is 11.1. The molecule has 0 unspecified atom stereocenters. The number of aryl methyl sites for hydroxylation is 2. The summed E-state index contributed by atoms with van der Waals surface area (Å²) in [4.78, 5) is 11.0. The predicted octanol–water partition coefficient (Wildman–Crippen LogP) is 4.93. The highest BCUT2D eigenvalue weighted by atomic mass is 35.5. The molecule has 2 aromatic carbocycles. The van der Waals surface area contributed by atoms with Gasteiger partial charge in [0, 0.05) is 43.3 Å². The van der Waals surface area contributed by atoms with Crippen molar-refractivity contribution < 1.29 is 5.11 Å². The van der Waals surface area contributed by atoms with E-state index in [9.17, 15) is 5.11 Å². The standard InChI is InChI=1S/C24H26ClN5OS/c1-3-20-26-24-30(27-20)23(31)22(32-24)21(17-7-4-6-16(2)14-17)29-12-10-28(11-13-29)19-9-5-8-18(25)15-19/h4-9,14-15,21,31H,3,10-13H2,1-2H3/t21-/m0/s1. The Balaban J connectivity index is 1.48. The normalized spacial score (nSPS) is 16.0. The van der Waals surface area contributed by atoms with Gasteiger partial charge in [-0.05, 0) is 30.7 Å². The van der Waals surface area contributed by atoms with Crippen LogP contribution in [0.4, 0.5) is 5.69 Å². The Morgan fingerprint density at radius 3 is 2.56 bits per heavy atom. The highest BCUT2D eigenvalue weighted by molar-refractivity contribution is 7.17. The van der Waals surface area contributed by atoms with Crippen LogP contribution in [0.1, 0.15) is 34.8 Å². The second-order valence-electron chi connectivity index (χ2n) is 8.19. The van der Waals surface area contributed by atoms with Crippen LogP contribution in [-0.4, -0.2) is 50.8 Å². The first-order valence-electron chi connectivity index (χ1n) is 10.9. The third-order valence-corrected chi connectivity index (χ3v) is 7.33. The van der Waals surface area contributed by atoms with E-state index in [4.69, 9.17) is 11.6 Å². The van der Waals surface area contributed by atoms with Crippen molar-refractivity contribution in [2.45, 2.75) is 26.3 Å². The summed E-state index contributed by atoms with van der Waals surface area (Å²) < 4.78 is 1.59. The highest BCUT2D eigenvalue weighted by Crippen LogP contribution is 2.40. The van der Waals surface area contributed by atoms with Crippen LogP contribution in [0.2, 0.25) is 5.02 Å². The van der Waals surface area contributed by atoms with E-state index in [0.29, 0.717) is 0 Å². The van der Waals surface area contributed by atoms with Crippen molar-refractivity contribution in [3.63, 3.8) is 0 Å². The molecule has 5 rings (SSSR count). The number of anilines is 1. The van der Waals surface area contributed by atoms with Crippen LogP contribution in [-0.2, 0) is 6.42 Å². The molecule has 32 heavy (non-hydrogen) atoms. The molecular weight excluding hydrogens is 442 g/mol. The summed E-state index contributed by atoms with van der Waals surface area (Å²) >= 11 is 7.74. The summed E-state index contributed by atoms with van der Waals surface area (Å²) in [6, 6.07) is 16.5. The fourth-order valence-electron chi connectivity index (χ4n) is 4.40. The monoisotopic (exact) mass is 467 g/mol. The Morgan fingerprint density at radius 1 is 1.09 bits per heavy atom. The van der Waals surface area contributed by atoms with E-state index in [-0.39, 0.29) is 11.9 Å². The summed E-state index contributed by atoms with van der Waals surface area (Å²) in [5.74, 6) is 0.946. The highest BCUT2D eigenvalue weighted by Gasteiger charge is 2.32. The van der Waals surface area contributed by atoms with Crippen molar-refractivity contribution in [3.8, 4) is 5.88 Å². The van der Waals surface area contributed by atoms with Crippen molar-refractivity contribution in [1.82, 2.24) is 19.5 Å². The van der Waals surface area contributed by atoms with Crippen LogP contribution in [0, 0.1) is 6.92 Å². The van der Waals surface area contributed by atoms with Gasteiger partial charge in [-0.2, -0.15) is 4.52 Å². The van der Waals surface area contributed by atoms with Crippen molar-refractivity contribution in [3.05, 3.63) is 75.4 Å². The molecule has 0 saturated carbocycles. The summed E-state index contributed by atoms with van der Waals surface area (Å²) in [6.07, 6.45) is 0.746. The lowest BCUT2D eigenvalue weighted by atomic mass is 10.0. The molecule has 0 radical (unpaired) electrons. The van der Waals surface area contributed by atoms with E-state index in [1.807, 2.05) is 25.1 Å². The molecule has 1 saturated heterocycles. The topological polar surface area (TPSA) is 56.9 Å². The molecule has 6 nitrogen and oxygen atoms in total.